The van der Waals surface area contributed by atoms with Crippen LogP contribution in [0.2, 0.25) is 10.0 Å². The average Bonchev–Trinajstić information content (AvgIpc) is 2.60. The van der Waals surface area contributed by atoms with Crippen LogP contribution in [0.15, 0.2) is 48.5 Å². The van der Waals surface area contributed by atoms with E-state index < -0.39 is 0 Å². The molecule has 0 atom stereocenters. The lowest BCUT2D eigenvalue weighted by atomic mass is 10.3. The summed E-state index contributed by atoms with van der Waals surface area (Å²) in [5.41, 5.74) is 2.28. The number of benzene rings is 2. The predicted molar refractivity (Wildman–Crippen MR) is 107 cm³/mol. The molecule has 2 N–H and O–H groups in total. The van der Waals surface area contributed by atoms with Crippen LogP contribution in [0.5, 0.6) is 5.75 Å². The van der Waals surface area contributed by atoms with Gasteiger partial charge >= 0.3 is 0 Å². The molecule has 0 unspecified atom stereocenters. The standard InChI is InChI=1S/C19H18Cl2N4O/c1-3-26-16-10-5-4-8-14(16)23-17-11-12(2)22-19(25-17)24-15-9-6-7-13(20)18(15)21/h4-11H,3H2,1-2H3,(H2,22,23,24,25). The van der Waals surface area contributed by atoms with E-state index in [9.17, 15) is 0 Å². The zero-order chi connectivity index (χ0) is 18.5. The first-order valence-corrected chi connectivity index (χ1v) is 8.88. The smallest absolute Gasteiger partial charge is 0.229 e. The van der Waals surface area contributed by atoms with Crippen LogP contribution in [0, 0.1) is 6.92 Å². The van der Waals surface area contributed by atoms with Crippen LogP contribution in [0.3, 0.4) is 0 Å². The molecule has 0 aliphatic carbocycles. The van der Waals surface area contributed by atoms with Gasteiger partial charge in [-0.1, -0.05) is 41.4 Å². The second-order valence-corrected chi connectivity index (χ2v) is 6.28. The van der Waals surface area contributed by atoms with Crippen LogP contribution in [0.4, 0.5) is 23.1 Å². The number of anilines is 4. The number of hydrogen-bond acceptors (Lipinski definition) is 5. The molecule has 0 radical (unpaired) electrons. The van der Waals surface area contributed by atoms with Crippen molar-refractivity contribution >= 4 is 46.3 Å². The molecule has 1 heterocycles. The molecule has 26 heavy (non-hydrogen) atoms. The van der Waals surface area contributed by atoms with Gasteiger partial charge in [-0.15, -0.1) is 0 Å². The number of nitrogens with one attached hydrogen (secondary N) is 2. The molecule has 2 aromatic carbocycles. The number of halogens is 2. The molecular weight excluding hydrogens is 371 g/mol. The van der Waals surface area contributed by atoms with Crippen LogP contribution < -0.4 is 15.4 Å². The summed E-state index contributed by atoms with van der Waals surface area (Å²) in [6.07, 6.45) is 0. The molecule has 0 aliphatic heterocycles. The van der Waals surface area contributed by atoms with Gasteiger partial charge in [0.2, 0.25) is 5.95 Å². The van der Waals surface area contributed by atoms with Crippen molar-refractivity contribution < 1.29 is 4.74 Å². The zero-order valence-electron chi connectivity index (χ0n) is 14.4. The Morgan fingerprint density at radius 2 is 1.73 bits per heavy atom. The maximum atomic E-state index is 6.23. The van der Waals surface area contributed by atoms with Gasteiger partial charge in [-0.05, 0) is 38.1 Å². The summed E-state index contributed by atoms with van der Waals surface area (Å²) in [5.74, 6) is 1.83. The summed E-state index contributed by atoms with van der Waals surface area (Å²) in [6.45, 7) is 4.43. The highest BCUT2D eigenvalue weighted by molar-refractivity contribution is 6.43. The minimum absolute atomic E-state index is 0.422. The Labute approximate surface area is 162 Å². The van der Waals surface area contributed by atoms with E-state index in [1.54, 1.807) is 6.07 Å². The number of hydrogen-bond donors (Lipinski definition) is 2. The summed E-state index contributed by atoms with van der Waals surface area (Å²) < 4.78 is 5.64. The second kappa shape index (κ2) is 8.25. The Balaban J connectivity index is 1.88. The molecule has 0 saturated carbocycles. The van der Waals surface area contributed by atoms with E-state index in [4.69, 9.17) is 27.9 Å². The van der Waals surface area contributed by atoms with Gasteiger partial charge in [0, 0.05) is 11.8 Å². The molecular formula is C19H18Cl2N4O. The summed E-state index contributed by atoms with van der Waals surface area (Å²) in [7, 11) is 0. The topological polar surface area (TPSA) is 59.1 Å². The van der Waals surface area contributed by atoms with Gasteiger partial charge in [0.1, 0.15) is 11.6 Å². The second-order valence-electron chi connectivity index (χ2n) is 5.50. The van der Waals surface area contributed by atoms with Crippen LogP contribution in [0.25, 0.3) is 0 Å². The molecule has 0 saturated heterocycles. The van der Waals surface area contributed by atoms with Gasteiger partial charge in [-0.3, -0.25) is 0 Å². The van der Waals surface area contributed by atoms with Crippen molar-refractivity contribution in [3.63, 3.8) is 0 Å². The molecule has 0 spiro atoms. The first-order valence-electron chi connectivity index (χ1n) is 8.12. The van der Waals surface area contributed by atoms with E-state index in [0.29, 0.717) is 34.1 Å². The van der Waals surface area contributed by atoms with Gasteiger partial charge in [0.05, 0.1) is 28.0 Å². The third-order valence-corrected chi connectivity index (χ3v) is 4.32. The number of para-hydroxylation sites is 2. The third kappa shape index (κ3) is 4.36. The third-order valence-electron chi connectivity index (χ3n) is 3.50. The monoisotopic (exact) mass is 388 g/mol. The molecule has 1 aromatic heterocycles. The van der Waals surface area contributed by atoms with E-state index in [1.807, 2.05) is 56.3 Å². The van der Waals surface area contributed by atoms with E-state index in [1.165, 1.54) is 0 Å². The van der Waals surface area contributed by atoms with Gasteiger partial charge in [0.25, 0.3) is 0 Å². The summed E-state index contributed by atoms with van der Waals surface area (Å²) in [5, 5.41) is 7.28. The minimum atomic E-state index is 0.422. The highest BCUT2D eigenvalue weighted by Crippen LogP contribution is 2.32. The number of nitrogens with zero attached hydrogens (tertiary/aromatic N) is 2. The SMILES string of the molecule is CCOc1ccccc1Nc1cc(C)nc(Nc2cccc(Cl)c2Cl)n1. The van der Waals surface area contributed by atoms with Crippen molar-refractivity contribution in [1.29, 1.82) is 0 Å². The maximum Gasteiger partial charge on any atom is 0.229 e. The van der Waals surface area contributed by atoms with Gasteiger partial charge < -0.3 is 15.4 Å². The molecule has 0 amide bonds. The van der Waals surface area contributed by atoms with Crippen LogP contribution in [-0.4, -0.2) is 16.6 Å². The van der Waals surface area contributed by atoms with Crippen molar-refractivity contribution in [2.45, 2.75) is 13.8 Å². The Hall–Kier alpha value is -2.50. The number of aryl methyl sites for hydroxylation is 1. The van der Waals surface area contributed by atoms with E-state index in [2.05, 4.69) is 20.6 Å². The fourth-order valence-electron chi connectivity index (χ4n) is 2.40. The van der Waals surface area contributed by atoms with Crippen molar-refractivity contribution in [1.82, 2.24) is 9.97 Å². The van der Waals surface area contributed by atoms with Crippen LogP contribution >= 0.6 is 23.2 Å². The number of ether oxygens (including phenoxy) is 1. The molecule has 5 nitrogen and oxygen atoms in total. The van der Waals surface area contributed by atoms with E-state index in [-0.39, 0.29) is 0 Å². The molecule has 3 aromatic rings. The fraction of sp³-hybridized carbons (Fsp3) is 0.158. The highest BCUT2D eigenvalue weighted by atomic mass is 35.5. The molecule has 0 fully saturated rings. The Bertz CT molecular complexity index is 918. The first kappa shape index (κ1) is 18.3. The lowest BCUT2D eigenvalue weighted by molar-refractivity contribution is 0.342. The molecule has 0 aliphatic rings. The van der Waals surface area contributed by atoms with Crippen LogP contribution in [-0.2, 0) is 0 Å². The summed E-state index contributed by atoms with van der Waals surface area (Å²) >= 11 is 12.3. The normalized spacial score (nSPS) is 10.5. The van der Waals surface area contributed by atoms with E-state index in [0.717, 1.165) is 17.1 Å². The van der Waals surface area contributed by atoms with Crippen molar-refractivity contribution in [3.8, 4) is 5.75 Å². The van der Waals surface area contributed by atoms with E-state index >= 15 is 0 Å². The van der Waals surface area contributed by atoms with Crippen molar-refractivity contribution in [2.24, 2.45) is 0 Å². The Kier molecular flexibility index (Phi) is 5.81. The fourth-order valence-corrected chi connectivity index (χ4v) is 2.75. The zero-order valence-corrected chi connectivity index (χ0v) is 15.9. The Morgan fingerprint density at radius 1 is 0.962 bits per heavy atom. The largest absolute Gasteiger partial charge is 0.492 e. The Morgan fingerprint density at radius 3 is 2.54 bits per heavy atom. The lowest BCUT2D eigenvalue weighted by Crippen LogP contribution is -2.04. The van der Waals surface area contributed by atoms with Gasteiger partial charge in [0.15, 0.2) is 0 Å². The predicted octanol–water partition coefficient (Wildman–Crippen LogP) is 5.98. The maximum absolute atomic E-state index is 6.23. The minimum Gasteiger partial charge on any atom is -0.492 e. The average molecular weight is 389 g/mol. The summed E-state index contributed by atoms with van der Waals surface area (Å²) in [4.78, 5) is 8.91. The molecule has 134 valence electrons. The highest BCUT2D eigenvalue weighted by Gasteiger charge is 2.09. The van der Waals surface area contributed by atoms with Gasteiger partial charge in [-0.2, -0.15) is 4.98 Å². The molecule has 0 bridgehead atoms. The molecule has 7 heteroatoms. The van der Waals surface area contributed by atoms with Crippen molar-refractivity contribution in [2.75, 3.05) is 17.2 Å². The lowest BCUT2D eigenvalue weighted by Gasteiger charge is -2.13. The number of rotatable bonds is 6. The quantitative estimate of drug-likeness (QED) is 0.543. The van der Waals surface area contributed by atoms with Gasteiger partial charge in [-0.25, -0.2) is 4.98 Å². The van der Waals surface area contributed by atoms with Crippen LogP contribution in [0.1, 0.15) is 12.6 Å². The molecule has 3 rings (SSSR count). The number of aromatic nitrogens is 2. The summed E-state index contributed by atoms with van der Waals surface area (Å²) in [6, 6.07) is 14.9. The van der Waals surface area contributed by atoms with Crippen molar-refractivity contribution in [3.05, 3.63) is 64.3 Å². The first-order chi connectivity index (χ1) is 12.6.